The molecule has 1 aromatic heterocycles. The van der Waals surface area contributed by atoms with E-state index in [4.69, 9.17) is 14.5 Å². The molecule has 30 heavy (non-hydrogen) atoms. The summed E-state index contributed by atoms with van der Waals surface area (Å²) in [6.45, 7) is 8.15. The van der Waals surface area contributed by atoms with Crippen LogP contribution in [0.2, 0.25) is 0 Å². The van der Waals surface area contributed by atoms with E-state index in [9.17, 15) is 0 Å². The largest absolute Gasteiger partial charge is 0.377 e. The van der Waals surface area contributed by atoms with Gasteiger partial charge in [0.2, 0.25) is 0 Å². The van der Waals surface area contributed by atoms with Crippen LogP contribution < -0.4 is 10.6 Å². The molecular formula is C21H33IN6O2. The van der Waals surface area contributed by atoms with E-state index in [1.165, 1.54) is 11.1 Å². The molecule has 9 heteroatoms. The maximum absolute atomic E-state index is 5.45. The van der Waals surface area contributed by atoms with Gasteiger partial charge in [0.15, 0.2) is 11.8 Å². The van der Waals surface area contributed by atoms with Crippen molar-refractivity contribution in [1.29, 1.82) is 0 Å². The van der Waals surface area contributed by atoms with Crippen LogP contribution in [0.1, 0.15) is 43.0 Å². The first kappa shape index (κ1) is 24.5. The summed E-state index contributed by atoms with van der Waals surface area (Å²) in [5, 5.41) is 11.4. The number of aromatic nitrogens is 3. The number of guanidine groups is 1. The van der Waals surface area contributed by atoms with Crippen LogP contribution >= 0.6 is 24.0 Å². The number of halogens is 1. The highest BCUT2D eigenvalue weighted by atomic mass is 127. The van der Waals surface area contributed by atoms with E-state index in [-0.39, 0.29) is 30.0 Å². The Morgan fingerprint density at radius 2 is 1.97 bits per heavy atom. The minimum Gasteiger partial charge on any atom is -0.377 e. The van der Waals surface area contributed by atoms with Crippen molar-refractivity contribution in [3.63, 3.8) is 0 Å². The Hall–Kier alpha value is -1.72. The van der Waals surface area contributed by atoms with E-state index in [1.54, 1.807) is 7.11 Å². The molecule has 2 heterocycles. The summed E-state index contributed by atoms with van der Waals surface area (Å²) >= 11 is 0. The van der Waals surface area contributed by atoms with Gasteiger partial charge >= 0.3 is 0 Å². The van der Waals surface area contributed by atoms with Crippen LogP contribution in [0.15, 0.2) is 29.3 Å². The Bertz CT molecular complexity index is 793. The molecule has 0 saturated heterocycles. The highest BCUT2D eigenvalue weighted by molar-refractivity contribution is 14.0. The van der Waals surface area contributed by atoms with Crippen molar-refractivity contribution in [2.45, 2.75) is 59.0 Å². The van der Waals surface area contributed by atoms with E-state index in [1.807, 2.05) is 11.6 Å². The summed E-state index contributed by atoms with van der Waals surface area (Å²) in [7, 11) is 1.66. The topological polar surface area (TPSA) is 85.6 Å². The lowest BCUT2D eigenvalue weighted by Gasteiger charge is -2.25. The maximum Gasteiger partial charge on any atom is 0.191 e. The van der Waals surface area contributed by atoms with Gasteiger partial charge in [-0.2, -0.15) is 5.10 Å². The van der Waals surface area contributed by atoms with Crippen molar-refractivity contribution in [2.75, 3.05) is 20.3 Å². The molecule has 3 rings (SSSR count). The van der Waals surface area contributed by atoms with E-state index >= 15 is 0 Å². The number of hydrogen-bond donors (Lipinski definition) is 2. The molecule has 1 aliphatic heterocycles. The minimum absolute atomic E-state index is 0. The number of aliphatic imine (C=N–C) groups is 1. The zero-order valence-electron chi connectivity index (χ0n) is 18.1. The molecule has 2 aromatic rings. The molecule has 0 radical (unpaired) electrons. The van der Waals surface area contributed by atoms with Crippen molar-refractivity contribution in [2.24, 2.45) is 4.99 Å². The fourth-order valence-corrected chi connectivity index (χ4v) is 3.31. The normalized spacial score (nSPS) is 16.0. The molecule has 0 bridgehead atoms. The number of methoxy groups -OCH3 is 1. The average molecular weight is 528 g/mol. The van der Waals surface area contributed by atoms with Crippen molar-refractivity contribution < 1.29 is 9.47 Å². The average Bonchev–Trinajstić information content (AvgIpc) is 3.13. The molecular weight excluding hydrogens is 495 g/mol. The molecule has 1 unspecified atom stereocenters. The molecule has 0 spiro atoms. The lowest BCUT2D eigenvalue weighted by Crippen LogP contribution is -2.47. The number of aryl methyl sites for hydroxylation is 1. The third kappa shape index (κ3) is 7.21. The van der Waals surface area contributed by atoms with Gasteiger partial charge in [0, 0.05) is 32.7 Å². The van der Waals surface area contributed by atoms with E-state index in [0.29, 0.717) is 19.8 Å². The van der Waals surface area contributed by atoms with Gasteiger partial charge in [0.05, 0.1) is 19.7 Å². The predicted molar refractivity (Wildman–Crippen MR) is 128 cm³/mol. The molecule has 166 valence electrons. The Labute approximate surface area is 195 Å². The number of rotatable bonds is 9. The monoisotopic (exact) mass is 528 g/mol. The van der Waals surface area contributed by atoms with Gasteiger partial charge in [-0.1, -0.05) is 24.3 Å². The molecule has 0 fully saturated rings. The predicted octanol–water partition coefficient (Wildman–Crippen LogP) is 2.65. The SMILES string of the molecule is CCNC(=NCc1ccc(COCC)cc1)NC1CCc2nc(COC)nn2C1.I. The smallest absolute Gasteiger partial charge is 0.191 e. The molecule has 2 N–H and O–H groups in total. The maximum atomic E-state index is 5.45. The molecule has 1 aromatic carbocycles. The van der Waals surface area contributed by atoms with Crippen LogP contribution in [0, 0.1) is 0 Å². The lowest BCUT2D eigenvalue weighted by molar-refractivity contribution is 0.134. The summed E-state index contributed by atoms with van der Waals surface area (Å²) in [5.74, 6) is 2.61. The number of hydrogen-bond acceptors (Lipinski definition) is 5. The fourth-order valence-electron chi connectivity index (χ4n) is 3.31. The fraction of sp³-hybridized carbons (Fsp3) is 0.571. The molecule has 1 atom stereocenters. The van der Waals surface area contributed by atoms with Crippen molar-refractivity contribution >= 4 is 29.9 Å². The van der Waals surface area contributed by atoms with Gasteiger partial charge in [-0.05, 0) is 31.4 Å². The van der Waals surface area contributed by atoms with Gasteiger partial charge < -0.3 is 20.1 Å². The summed E-state index contributed by atoms with van der Waals surface area (Å²) in [6.07, 6.45) is 1.90. The van der Waals surface area contributed by atoms with Crippen LogP contribution in [0.25, 0.3) is 0 Å². The Balaban J connectivity index is 0.00000320. The zero-order chi connectivity index (χ0) is 20.5. The second kappa shape index (κ2) is 12.9. The van der Waals surface area contributed by atoms with Crippen LogP contribution in [0.3, 0.4) is 0 Å². The van der Waals surface area contributed by atoms with Crippen molar-refractivity contribution in [3.8, 4) is 0 Å². The van der Waals surface area contributed by atoms with E-state index in [2.05, 4.69) is 51.9 Å². The summed E-state index contributed by atoms with van der Waals surface area (Å²) in [5.41, 5.74) is 2.36. The van der Waals surface area contributed by atoms with Crippen LogP contribution in [0.5, 0.6) is 0 Å². The molecule has 1 aliphatic rings. The summed E-state index contributed by atoms with van der Waals surface area (Å²) in [4.78, 5) is 9.29. The number of benzene rings is 1. The van der Waals surface area contributed by atoms with Gasteiger partial charge in [0.1, 0.15) is 12.4 Å². The van der Waals surface area contributed by atoms with Crippen molar-refractivity contribution in [1.82, 2.24) is 25.4 Å². The van der Waals surface area contributed by atoms with E-state index in [0.717, 1.165) is 50.1 Å². The lowest BCUT2D eigenvalue weighted by atomic mass is 10.1. The summed E-state index contributed by atoms with van der Waals surface area (Å²) < 4.78 is 12.6. The first-order valence-corrected chi connectivity index (χ1v) is 10.3. The Kier molecular flexibility index (Phi) is 10.5. The number of ether oxygens (including phenoxy) is 2. The third-order valence-electron chi connectivity index (χ3n) is 4.78. The minimum atomic E-state index is 0. The number of nitrogens with one attached hydrogen (secondary N) is 2. The van der Waals surface area contributed by atoms with E-state index < -0.39 is 0 Å². The molecule has 0 aliphatic carbocycles. The molecule has 8 nitrogen and oxygen atoms in total. The van der Waals surface area contributed by atoms with Crippen LogP contribution in [0.4, 0.5) is 0 Å². The molecule has 0 saturated carbocycles. The first-order valence-electron chi connectivity index (χ1n) is 10.3. The quantitative estimate of drug-likeness (QED) is 0.296. The first-order chi connectivity index (χ1) is 14.2. The second-order valence-electron chi connectivity index (χ2n) is 7.09. The zero-order valence-corrected chi connectivity index (χ0v) is 20.4. The van der Waals surface area contributed by atoms with Crippen LogP contribution in [-0.4, -0.2) is 47.0 Å². The van der Waals surface area contributed by atoms with Crippen LogP contribution in [-0.2, 0) is 42.2 Å². The Morgan fingerprint density at radius 3 is 2.67 bits per heavy atom. The third-order valence-corrected chi connectivity index (χ3v) is 4.78. The standard InChI is InChI=1S/C21H32N6O2.HI/c1-4-22-21(23-12-16-6-8-17(9-7-16)14-29-5-2)24-18-10-11-20-25-19(15-28-3)26-27(20)13-18;/h6-9,18H,4-5,10-15H2,1-3H3,(H2,22,23,24);1H. The van der Waals surface area contributed by atoms with Gasteiger partial charge in [-0.15, -0.1) is 24.0 Å². The number of nitrogens with zero attached hydrogens (tertiary/aromatic N) is 4. The highest BCUT2D eigenvalue weighted by Crippen LogP contribution is 2.14. The van der Waals surface area contributed by atoms with Crippen molar-refractivity contribution in [3.05, 3.63) is 47.0 Å². The molecule has 0 amide bonds. The Morgan fingerprint density at radius 1 is 1.20 bits per heavy atom. The summed E-state index contributed by atoms with van der Waals surface area (Å²) in [6, 6.07) is 8.70. The van der Waals surface area contributed by atoms with Gasteiger partial charge in [0.25, 0.3) is 0 Å². The van der Waals surface area contributed by atoms with Gasteiger partial charge in [-0.25, -0.2) is 14.7 Å². The number of fused-ring (bicyclic) bond motifs is 1. The highest BCUT2D eigenvalue weighted by Gasteiger charge is 2.22. The second-order valence-corrected chi connectivity index (χ2v) is 7.09. The van der Waals surface area contributed by atoms with Gasteiger partial charge in [-0.3, -0.25) is 0 Å².